The van der Waals surface area contributed by atoms with Gasteiger partial charge in [0.15, 0.2) is 0 Å². The summed E-state index contributed by atoms with van der Waals surface area (Å²) in [5.41, 5.74) is 0. The molecule has 0 aromatic heterocycles. The molecule has 1 saturated heterocycles. The van der Waals surface area contributed by atoms with Gasteiger partial charge in [0.25, 0.3) is 0 Å². The topological polar surface area (TPSA) is 79.2 Å². The van der Waals surface area contributed by atoms with Crippen LogP contribution in [-0.4, -0.2) is 59.6 Å². The van der Waals surface area contributed by atoms with Crippen LogP contribution in [0.4, 0.5) is 0 Å². The molecule has 0 aromatic carbocycles. The normalized spacial score (nSPS) is 27.8. The maximum Gasteiger partial charge on any atom is 0.111 e. The fraction of sp³-hybridized carbons (Fsp3) is 0.895. The summed E-state index contributed by atoms with van der Waals surface area (Å²) >= 11 is 0. The van der Waals surface area contributed by atoms with E-state index in [2.05, 4.69) is 13.0 Å². The molecule has 0 amide bonds. The Hall–Kier alpha value is -0.460. The van der Waals surface area contributed by atoms with Crippen molar-refractivity contribution in [2.45, 2.75) is 89.1 Å². The van der Waals surface area contributed by atoms with Crippen LogP contribution in [0.25, 0.3) is 0 Å². The summed E-state index contributed by atoms with van der Waals surface area (Å²) in [6.07, 6.45) is 12.0. The number of allylic oxidation sites excluding steroid dienone is 1. The highest BCUT2D eigenvalue weighted by Crippen LogP contribution is 2.15. The van der Waals surface area contributed by atoms with E-state index in [1.807, 2.05) is 6.08 Å². The highest BCUT2D eigenvalue weighted by Gasteiger charge is 2.37. The van der Waals surface area contributed by atoms with E-state index in [1.54, 1.807) is 0 Å². The molecule has 3 N–H and O–H groups in total. The first-order chi connectivity index (χ1) is 11.7. The molecular formula is C19H36O5. The fourth-order valence-corrected chi connectivity index (χ4v) is 2.85. The van der Waals surface area contributed by atoms with Gasteiger partial charge in [-0.05, 0) is 12.8 Å². The molecule has 0 radical (unpaired) electrons. The van der Waals surface area contributed by atoms with Crippen LogP contribution in [0.2, 0.25) is 0 Å². The average Bonchev–Trinajstić information content (AvgIpc) is 2.58. The molecule has 0 aliphatic carbocycles. The predicted octanol–water partition coefficient (Wildman–Crippen LogP) is 2.57. The van der Waals surface area contributed by atoms with Crippen molar-refractivity contribution >= 4 is 0 Å². The molecular weight excluding hydrogens is 308 g/mol. The standard InChI is InChI=1S/C19H36O5/c1-2-3-4-5-6-7-8-9-10-11-12-13-23-15-17-19(22)18(21)16(20)14-24-17/h11-12,16-22H,2-10,13-15H2,1H3/b12-11+/t16-,17+,18+,19+/m1/s1. The molecule has 4 atom stereocenters. The average molecular weight is 344 g/mol. The monoisotopic (exact) mass is 344 g/mol. The quantitative estimate of drug-likeness (QED) is 0.353. The number of ether oxygens (including phenoxy) is 2. The van der Waals surface area contributed by atoms with E-state index >= 15 is 0 Å². The Balaban J connectivity index is 1.91. The number of hydrogen-bond acceptors (Lipinski definition) is 5. The summed E-state index contributed by atoms with van der Waals surface area (Å²) < 4.78 is 10.7. The summed E-state index contributed by atoms with van der Waals surface area (Å²) in [5.74, 6) is 0. The Morgan fingerprint density at radius 1 is 0.917 bits per heavy atom. The smallest absolute Gasteiger partial charge is 0.111 e. The van der Waals surface area contributed by atoms with E-state index in [0.717, 1.165) is 6.42 Å². The first-order valence-corrected chi connectivity index (χ1v) is 9.55. The summed E-state index contributed by atoms with van der Waals surface area (Å²) in [4.78, 5) is 0. The van der Waals surface area contributed by atoms with Gasteiger partial charge >= 0.3 is 0 Å². The van der Waals surface area contributed by atoms with Crippen molar-refractivity contribution in [3.05, 3.63) is 12.2 Å². The highest BCUT2D eigenvalue weighted by atomic mass is 16.6. The van der Waals surface area contributed by atoms with E-state index in [-0.39, 0.29) is 13.2 Å². The zero-order valence-electron chi connectivity index (χ0n) is 15.1. The Morgan fingerprint density at radius 3 is 2.29 bits per heavy atom. The van der Waals surface area contributed by atoms with Crippen molar-refractivity contribution < 1.29 is 24.8 Å². The van der Waals surface area contributed by atoms with Crippen LogP contribution >= 0.6 is 0 Å². The molecule has 0 unspecified atom stereocenters. The van der Waals surface area contributed by atoms with Crippen LogP contribution in [0.15, 0.2) is 12.2 Å². The number of aliphatic hydroxyl groups is 3. The second kappa shape index (κ2) is 13.8. The van der Waals surface area contributed by atoms with Gasteiger partial charge in [0, 0.05) is 0 Å². The Morgan fingerprint density at radius 2 is 1.58 bits per heavy atom. The minimum Gasteiger partial charge on any atom is -0.388 e. The number of rotatable bonds is 13. The molecule has 1 aliphatic heterocycles. The van der Waals surface area contributed by atoms with Crippen molar-refractivity contribution in [2.75, 3.05) is 19.8 Å². The van der Waals surface area contributed by atoms with E-state index in [4.69, 9.17) is 9.47 Å². The third-order valence-electron chi connectivity index (χ3n) is 4.49. The van der Waals surface area contributed by atoms with Gasteiger partial charge in [-0.2, -0.15) is 0 Å². The Labute approximate surface area is 146 Å². The maximum absolute atomic E-state index is 9.77. The van der Waals surface area contributed by atoms with Crippen molar-refractivity contribution in [1.82, 2.24) is 0 Å². The van der Waals surface area contributed by atoms with Gasteiger partial charge in [-0.15, -0.1) is 0 Å². The van der Waals surface area contributed by atoms with Crippen LogP contribution in [0, 0.1) is 0 Å². The van der Waals surface area contributed by atoms with Crippen LogP contribution < -0.4 is 0 Å². The molecule has 0 spiro atoms. The van der Waals surface area contributed by atoms with Crippen LogP contribution in [-0.2, 0) is 9.47 Å². The van der Waals surface area contributed by atoms with Gasteiger partial charge in [-0.25, -0.2) is 0 Å². The molecule has 1 heterocycles. The molecule has 142 valence electrons. The SMILES string of the molecule is CCCCCCCCCC/C=C/COC[C@@H]1OC[C@@H](O)[C@H](O)[C@H]1O. The van der Waals surface area contributed by atoms with Gasteiger partial charge in [-0.1, -0.05) is 64.0 Å². The van der Waals surface area contributed by atoms with Crippen LogP contribution in [0.1, 0.15) is 64.7 Å². The summed E-state index contributed by atoms with van der Waals surface area (Å²) in [7, 11) is 0. The molecule has 1 rings (SSSR count). The predicted molar refractivity (Wildman–Crippen MR) is 94.9 cm³/mol. The molecule has 1 fully saturated rings. The van der Waals surface area contributed by atoms with Crippen molar-refractivity contribution in [3.63, 3.8) is 0 Å². The molecule has 5 nitrogen and oxygen atoms in total. The van der Waals surface area contributed by atoms with E-state index in [1.165, 1.54) is 51.4 Å². The van der Waals surface area contributed by atoms with Gasteiger partial charge in [0.05, 0.1) is 19.8 Å². The lowest BCUT2D eigenvalue weighted by molar-refractivity contribution is -0.198. The minimum atomic E-state index is -1.16. The first kappa shape index (κ1) is 21.6. The van der Waals surface area contributed by atoms with Crippen molar-refractivity contribution in [3.8, 4) is 0 Å². The molecule has 5 heteroatoms. The molecule has 0 aromatic rings. The lowest BCUT2D eigenvalue weighted by Crippen LogP contribution is -2.54. The third-order valence-corrected chi connectivity index (χ3v) is 4.49. The lowest BCUT2D eigenvalue weighted by atomic mass is 10.0. The lowest BCUT2D eigenvalue weighted by Gasteiger charge is -2.34. The summed E-state index contributed by atoms with van der Waals surface area (Å²) in [5, 5.41) is 28.7. The molecule has 0 bridgehead atoms. The van der Waals surface area contributed by atoms with Crippen LogP contribution in [0.3, 0.4) is 0 Å². The zero-order chi connectivity index (χ0) is 17.6. The second-order valence-corrected chi connectivity index (χ2v) is 6.69. The minimum absolute atomic E-state index is 0.0283. The van der Waals surface area contributed by atoms with Gasteiger partial charge in [0.2, 0.25) is 0 Å². The Bertz CT molecular complexity index is 321. The third kappa shape index (κ3) is 9.14. The largest absolute Gasteiger partial charge is 0.388 e. The number of unbranched alkanes of at least 4 members (excludes halogenated alkanes) is 8. The van der Waals surface area contributed by atoms with E-state index in [9.17, 15) is 15.3 Å². The van der Waals surface area contributed by atoms with Gasteiger partial charge in [-0.3, -0.25) is 0 Å². The van der Waals surface area contributed by atoms with Crippen molar-refractivity contribution in [2.24, 2.45) is 0 Å². The van der Waals surface area contributed by atoms with Gasteiger partial charge < -0.3 is 24.8 Å². The second-order valence-electron chi connectivity index (χ2n) is 6.69. The van der Waals surface area contributed by atoms with E-state index < -0.39 is 24.4 Å². The number of aliphatic hydroxyl groups excluding tert-OH is 3. The molecule has 24 heavy (non-hydrogen) atoms. The fourth-order valence-electron chi connectivity index (χ4n) is 2.85. The van der Waals surface area contributed by atoms with E-state index in [0.29, 0.717) is 6.61 Å². The van der Waals surface area contributed by atoms with Gasteiger partial charge in [0.1, 0.15) is 24.4 Å². The molecule has 0 saturated carbocycles. The molecule has 1 aliphatic rings. The summed E-state index contributed by atoms with van der Waals surface area (Å²) in [6, 6.07) is 0. The zero-order valence-corrected chi connectivity index (χ0v) is 15.1. The Kier molecular flexibility index (Phi) is 12.4. The first-order valence-electron chi connectivity index (χ1n) is 9.55. The van der Waals surface area contributed by atoms with Crippen LogP contribution in [0.5, 0.6) is 0 Å². The van der Waals surface area contributed by atoms with Crippen molar-refractivity contribution in [1.29, 1.82) is 0 Å². The maximum atomic E-state index is 9.77. The summed E-state index contributed by atoms with van der Waals surface area (Å²) in [6.45, 7) is 2.96. The highest BCUT2D eigenvalue weighted by molar-refractivity contribution is 4.87. The number of hydrogen-bond donors (Lipinski definition) is 3.